The van der Waals surface area contributed by atoms with Crippen LogP contribution in [0.15, 0.2) is 28.3 Å². The molecule has 2 N–H and O–H groups in total. The van der Waals surface area contributed by atoms with Gasteiger partial charge in [-0.15, -0.1) is 0 Å². The summed E-state index contributed by atoms with van der Waals surface area (Å²) in [5.41, 5.74) is 4.05. The lowest BCUT2D eigenvalue weighted by Crippen LogP contribution is -2.30. The van der Waals surface area contributed by atoms with Gasteiger partial charge in [0.2, 0.25) is 5.96 Å². The summed E-state index contributed by atoms with van der Waals surface area (Å²) in [6.45, 7) is 5.78. The first kappa shape index (κ1) is 16.7. The van der Waals surface area contributed by atoms with E-state index < -0.39 is 4.92 Å². The number of ether oxygens (including phenoxy) is 1. The largest absolute Gasteiger partial charge is 0.487 e. The number of aliphatic imine (C=N–C) groups is 1. The van der Waals surface area contributed by atoms with Gasteiger partial charge in [-0.1, -0.05) is 13.3 Å². The summed E-state index contributed by atoms with van der Waals surface area (Å²) in [6, 6.07) is 4.86. The van der Waals surface area contributed by atoms with Crippen LogP contribution in [0.3, 0.4) is 0 Å². The summed E-state index contributed by atoms with van der Waals surface area (Å²) in [7, 11) is 0. The molecule has 0 radical (unpaired) electrons. The Morgan fingerprint density at radius 2 is 2.39 bits per heavy atom. The molecule has 0 unspecified atom stereocenters. The lowest BCUT2D eigenvalue weighted by Gasteiger charge is -2.08. The molecule has 1 aromatic carbocycles. The summed E-state index contributed by atoms with van der Waals surface area (Å²) < 4.78 is 5.49. The Hall–Kier alpha value is -2.64. The van der Waals surface area contributed by atoms with Gasteiger partial charge in [0.15, 0.2) is 5.75 Å². The normalized spacial score (nSPS) is 14.2. The van der Waals surface area contributed by atoms with Gasteiger partial charge in [0.1, 0.15) is 0 Å². The zero-order valence-corrected chi connectivity index (χ0v) is 13.3. The number of nitro groups is 1. The van der Waals surface area contributed by atoms with E-state index in [2.05, 4.69) is 20.8 Å². The summed E-state index contributed by atoms with van der Waals surface area (Å²) in [6.07, 6.45) is 1.83. The molecule has 0 bridgehead atoms. The van der Waals surface area contributed by atoms with Crippen LogP contribution in [-0.2, 0) is 0 Å². The van der Waals surface area contributed by atoms with Crippen molar-refractivity contribution in [3.8, 4) is 5.75 Å². The molecule has 0 spiro atoms. The number of benzene rings is 1. The average molecular weight is 319 g/mol. The van der Waals surface area contributed by atoms with Crippen LogP contribution in [0.2, 0.25) is 0 Å². The maximum atomic E-state index is 11.2. The summed E-state index contributed by atoms with van der Waals surface area (Å²) in [5, 5.41) is 18.5. The SMILES string of the molecule is CCCCOc1ccc(C(C)=NNC2=NCCN2)cc1[N+](=O)[O-]. The third-order valence-corrected chi connectivity index (χ3v) is 3.33. The summed E-state index contributed by atoms with van der Waals surface area (Å²) in [5.74, 6) is 0.896. The highest BCUT2D eigenvalue weighted by Gasteiger charge is 2.17. The van der Waals surface area contributed by atoms with Gasteiger partial charge in [-0.3, -0.25) is 10.1 Å². The molecule has 0 aromatic heterocycles. The minimum Gasteiger partial charge on any atom is -0.487 e. The van der Waals surface area contributed by atoms with Crippen molar-refractivity contribution < 1.29 is 9.66 Å². The van der Waals surface area contributed by atoms with E-state index in [-0.39, 0.29) is 11.4 Å². The van der Waals surface area contributed by atoms with Crippen molar-refractivity contribution in [3.05, 3.63) is 33.9 Å². The Labute approximate surface area is 134 Å². The molecule has 0 amide bonds. The van der Waals surface area contributed by atoms with Gasteiger partial charge in [-0.2, -0.15) is 5.10 Å². The number of unbranched alkanes of at least 4 members (excludes halogenated alkanes) is 1. The van der Waals surface area contributed by atoms with Crippen molar-refractivity contribution in [1.29, 1.82) is 0 Å². The number of nitrogens with one attached hydrogen (secondary N) is 2. The fourth-order valence-corrected chi connectivity index (χ4v) is 2.01. The average Bonchev–Trinajstić information content (AvgIpc) is 3.06. The number of rotatable bonds is 7. The summed E-state index contributed by atoms with van der Waals surface area (Å²) >= 11 is 0. The first-order valence-electron chi connectivity index (χ1n) is 7.62. The quantitative estimate of drug-likeness (QED) is 0.347. The predicted octanol–water partition coefficient (Wildman–Crippen LogP) is 2.05. The van der Waals surface area contributed by atoms with Crippen molar-refractivity contribution in [1.82, 2.24) is 10.7 Å². The smallest absolute Gasteiger partial charge is 0.311 e. The number of guanidine groups is 1. The molecule has 124 valence electrons. The van der Waals surface area contributed by atoms with Gasteiger partial charge >= 0.3 is 5.69 Å². The minimum atomic E-state index is -0.436. The van der Waals surface area contributed by atoms with Crippen molar-refractivity contribution in [2.24, 2.45) is 10.1 Å². The maximum Gasteiger partial charge on any atom is 0.311 e. The van der Waals surface area contributed by atoms with Crippen molar-refractivity contribution in [2.45, 2.75) is 26.7 Å². The molecule has 0 atom stereocenters. The van der Waals surface area contributed by atoms with Gasteiger partial charge in [-0.05, 0) is 25.5 Å². The highest BCUT2D eigenvalue weighted by molar-refractivity contribution is 6.00. The molecule has 8 nitrogen and oxygen atoms in total. The molecule has 1 aliphatic heterocycles. The van der Waals surface area contributed by atoms with Crippen LogP contribution in [-0.4, -0.2) is 36.3 Å². The fourth-order valence-electron chi connectivity index (χ4n) is 2.01. The second-order valence-electron chi connectivity index (χ2n) is 5.11. The Morgan fingerprint density at radius 1 is 1.57 bits per heavy atom. The fraction of sp³-hybridized carbons (Fsp3) is 0.467. The van der Waals surface area contributed by atoms with Gasteiger partial charge in [0.25, 0.3) is 0 Å². The standard InChI is InChI=1S/C15H21N5O3/c1-3-4-9-23-14-6-5-12(10-13(14)20(21)22)11(2)18-19-15-16-7-8-17-15/h5-6,10H,3-4,7-9H2,1-2H3,(H2,16,17,19). The van der Waals surface area contributed by atoms with Crippen molar-refractivity contribution in [2.75, 3.05) is 19.7 Å². The van der Waals surface area contributed by atoms with Crippen molar-refractivity contribution in [3.63, 3.8) is 0 Å². The molecule has 1 aliphatic rings. The first-order valence-corrected chi connectivity index (χ1v) is 7.62. The third-order valence-electron chi connectivity index (χ3n) is 3.33. The zero-order valence-electron chi connectivity index (χ0n) is 13.3. The monoisotopic (exact) mass is 319 g/mol. The van der Waals surface area contributed by atoms with E-state index in [0.717, 1.165) is 19.4 Å². The topological polar surface area (TPSA) is 101 Å². The predicted molar refractivity (Wildman–Crippen MR) is 89.2 cm³/mol. The van der Waals surface area contributed by atoms with Crippen LogP contribution >= 0.6 is 0 Å². The molecule has 23 heavy (non-hydrogen) atoms. The molecular weight excluding hydrogens is 298 g/mol. The number of hydrazone groups is 1. The summed E-state index contributed by atoms with van der Waals surface area (Å²) in [4.78, 5) is 15.0. The maximum absolute atomic E-state index is 11.2. The molecule has 0 aliphatic carbocycles. The molecule has 0 fully saturated rings. The number of hydrogen-bond donors (Lipinski definition) is 2. The molecule has 0 saturated heterocycles. The Bertz CT molecular complexity index is 628. The van der Waals surface area contributed by atoms with E-state index in [1.165, 1.54) is 6.07 Å². The second kappa shape index (κ2) is 8.11. The van der Waals surface area contributed by atoms with Gasteiger partial charge in [0.05, 0.1) is 23.8 Å². The van der Waals surface area contributed by atoms with Crippen molar-refractivity contribution >= 4 is 17.4 Å². The van der Waals surface area contributed by atoms with E-state index in [1.54, 1.807) is 19.1 Å². The zero-order chi connectivity index (χ0) is 16.7. The van der Waals surface area contributed by atoms with Crippen LogP contribution in [0.4, 0.5) is 5.69 Å². The van der Waals surface area contributed by atoms with Crippen LogP contribution in [0.1, 0.15) is 32.3 Å². The highest BCUT2D eigenvalue weighted by atomic mass is 16.6. The van der Waals surface area contributed by atoms with E-state index in [9.17, 15) is 10.1 Å². The first-order chi connectivity index (χ1) is 11.1. The third kappa shape index (κ3) is 4.67. The molecule has 1 aromatic rings. The van der Waals surface area contributed by atoms with E-state index in [4.69, 9.17) is 4.74 Å². The van der Waals surface area contributed by atoms with E-state index in [0.29, 0.717) is 30.4 Å². The number of nitrogens with zero attached hydrogens (tertiary/aromatic N) is 3. The van der Waals surface area contributed by atoms with Gasteiger partial charge in [0, 0.05) is 18.2 Å². The Balaban J connectivity index is 2.13. The van der Waals surface area contributed by atoms with E-state index >= 15 is 0 Å². The van der Waals surface area contributed by atoms with Crippen LogP contribution in [0, 0.1) is 10.1 Å². The highest BCUT2D eigenvalue weighted by Crippen LogP contribution is 2.28. The molecule has 1 heterocycles. The molecule has 8 heteroatoms. The molecule has 2 rings (SSSR count). The van der Waals surface area contributed by atoms with Gasteiger partial charge < -0.3 is 10.1 Å². The van der Waals surface area contributed by atoms with E-state index in [1.807, 2.05) is 6.92 Å². The minimum absolute atomic E-state index is 0.0514. The Morgan fingerprint density at radius 3 is 3.04 bits per heavy atom. The van der Waals surface area contributed by atoms with Gasteiger partial charge in [-0.25, -0.2) is 10.4 Å². The van der Waals surface area contributed by atoms with Crippen LogP contribution < -0.4 is 15.5 Å². The Kier molecular flexibility index (Phi) is 5.90. The van der Waals surface area contributed by atoms with Crippen LogP contribution in [0.5, 0.6) is 5.75 Å². The molecular formula is C15H21N5O3. The van der Waals surface area contributed by atoms with Crippen LogP contribution in [0.25, 0.3) is 0 Å². The lowest BCUT2D eigenvalue weighted by atomic mass is 10.1. The second-order valence-corrected chi connectivity index (χ2v) is 5.11. The molecule has 0 saturated carbocycles. The lowest BCUT2D eigenvalue weighted by molar-refractivity contribution is -0.385. The number of nitro benzene ring substituents is 1. The number of hydrogen-bond acceptors (Lipinski definition) is 7.